The van der Waals surface area contributed by atoms with Crippen LogP contribution in [-0.2, 0) is 16.0 Å². The van der Waals surface area contributed by atoms with Crippen LogP contribution in [0.1, 0.15) is 22.7 Å². The number of ether oxygens (including phenoxy) is 1. The molecule has 0 bridgehead atoms. The van der Waals surface area contributed by atoms with E-state index in [0.29, 0.717) is 5.69 Å². The number of imidazole rings is 1. The summed E-state index contributed by atoms with van der Waals surface area (Å²) >= 11 is 0. The van der Waals surface area contributed by atoms with Crippen molar-refractivity contribution in [2.24, 2.45) is 0 Å². The molecule has 4 rings (SSSR count). The van der Waals surface area contributed by atoms with E-state index in [1.54, 1.807) is 6.20 Å². The second kappa shape index (κ2) is 7.79. The van der Waals surface area contributed by atoms with E-state index in [-0.39, 0.29) is 18.9 Å². The number of fused-ring (bicyclic) bond motifs is 3. The van der Waals surface area contributed by atoms with E-state index in [0.717, 1.165) is 27.2 Å². The van der Waals surface area contributed by atoms with Gasteiger partial charge in [-0.3, -0.25) is 4.90 Å². The third kappa shape index (κ3) is 3.59. The van der Waals surface area contributed by atoms with Gasteiger partial charge in [0.25, 0.3) is 0 Å². The fraction of sp³-hybridized carbons (Fsp3) is 0.227. The molecule has 0 spiro atoms. The molecule has 1 atom stereocenters. The van der Waals surface area contributed by atoms with Gasteiger partial charge in [-0.15, -0.1) is 0 Å². The predicted molar refractivity (Wildman–Crippen MR) is 107 cm³/mol. The maximum Gasteiger partial charge on any atom is 0.410 e. The largest absolute Gasteiger partial charge is 0.480 e. The Balaban J connectivity index is 1.48. The molecule has 0 saturated heterocycles. The average Bonchev–Trinajstić information content (AvgIpc) is 3.36. The molecule has 1 aromatic heterocycles. The number of hydrogen-bond donors (Lipinski definition) is 2. The van der Waals surface area contributed by atoms with Gasteiger partial charge in [-0.2, -0.15) is 0 Å². The fourth-order valence-corrected chi connectivity index (χ4v) is 3.82. The highest BCUT2D eigenvalue weighted by Crippen LogP contribution is 2.44. The van der Waals surface area contributed by atoms with Gasteiger partial charge in [0.2, 0.25) is 0 Å². The summed E-state index contributed by atoms with van der Waals surface area (Å²) in [4.78, 5) is 32.2. The number of amides is 1. The summed E-state index contributed by atoms with van der Waals surface area (Å²) < 4.78 is 5.55. The molecule has 1 aliphatic rings. The van der Waals surface area contributed by atoms with Crippen LogP contribution in [0.25, 0.3) is 11.1 Å². The highest BCUT2D eigenvalue weighted by Gasteiger charge is 2.32. The van der Waals surface area contributed by atoms with Gasteiger partial charge in [-0.05, 0) is 22.3 Å². The summed E-state index contributed by atoms with van der Waals surface area (Å²) in [6, 6.07) is 15.1. The van der Waals surface area contributed by atoms with E-state index in [9.17, 15) is 14.7 Å². The summed E-state index contributed by atoms with van der Waals surface area (Å²) in [7, 11) is 1.44. The molecule has 7 heteroatoms. The van der Waals surface area contributed by atoms with Crippen LogP contribution in [0.5, 0.6) is 0 Å². The fourth-order valence-electron chi connectivity index (χ4n) is 3.82. The van der Waals surface area contributed by atoms with Crippen LogP contribution in [0.3, 0.4) is 0 Å². The second-order valence-electron chi connectivity index (χ2n) is 7.05. The molecule has 148 valence electrons. The SMILES string of the molecule is CN(C(=O)OCC1c2ccccc2-c2ccccc21)C(Cc1cnc[nH]1)C(=O)O. The third-order valence-corrected chi connectivity index (χ3v) is 5.34. The lowest BCUT2D eigenvalue weighted by atomic mass is 9.98. The highest BCUT2D eigenvalue weighted by atomic mass is 16.6. The number of carbonyl (C=O) groups excluding carboxylic acids is 1. The Morgan fingerprint density at radius 3 is 2.31 bits per heavy atom. The number of carboxylic acids is 1. The monoisotopic (exact) mass is 391 g/mol. The number of rotatable bonds is 6. The van der Waals surface area contributed by atoms with Gasteiger partial charge in [0.1, 0.15) is 12.6 Å². The zero-order valence-electron chi connectivity index (χ0n) is 15.9. The van der Waals surface area contributed by atoms with E-state index in [1.165, 1.54) is 13.4 Å². The number of likely N-dealkylation sites (N-methyl/N-ethyl adjacent to an activating group) is 1. The average molecular weight is 391 g/mol. The summed E-state index contributed by atoms with van der Waals surface area (Å²) in [6.07, 6.45) is 2.47. The molecule has 29 heavy (non-hydrogen) atoms. The number of aromatic amines is 1. The number of carbonyl (C=O) groups is 2. The van der Waals surface area contributed by atoms with Crippen molar-refractivity contribution in [1.82, 2.24) is 14.9 Å². The molecule has 3 aromatic rings. The Labute approximate surface area is 168 Å². The third-order valence-electron chi connectivity index (χ3n) is 5.34. The molecular formula is C22H21N3O4. The first-order valence-corrected chi connectivity index (χ1v) is 9.34. The van der Waals surface area contributed by atoms with Crippen LogP contribution < -0.4 is 0 Å². The molecule has 1 aliphatic carbocycles. The molecule has 2 N–H and O–H groups in total. The van der Waals surface area contributed by atoms with Crippen LogP contribution in [-0.4, -0.2) is 51.7 Å². The summed E-state index contributed by atoms with van der Waals surface area (Å²) in [6.45, 7) is 0.146. The number of benzene rings is 2. The molecule has 0 aliphatic heterocycles. The molecule has 1 heterocycles. The van der Waals surface area contributed by atoms with Gasteiger partial charge >= 0.3 is 12.1 Å². The number of carboxylic acid groups (broad SMARTS) is 1. The molecule has 0 radical (unpaired) electrons. The summed E-state index contributed by atoms with van der Waals surface area (Å²) in [5, 5.41) is 9.55. The summed E-state index contributed by atoms with van der Waals surface area (Å²) in [5.74, 6) is -1.17. The zero-order valence-corrected chi connectivity index (χ0v) is 15.9. The van der Waals surface area contributed by atoms with Crippen molar-refractivity contribution in [2.45, 2.75) is 18.4 Å². The predicted octanol–water partition coefficient (Wildman–Crippen LogP) is 3.29. The molecule has 7 nitrogen and oxygen atoms in total. The number of H-pyrrole nitrogens is 1. The Kier molecular flexibility index (Phi) is 5.03. The molecular weight excluding hydrogens is 370 g/mol. The van der Waals surface area contributed by atoms with Crippen LogP contribution in [0.15, 0.2) is 61.1 Å². The van der Waals surface area contributed by atoms with Crippen molar-refractivity contribution >= 4 is 12.1 Å². The molecule has 2 aromatic carbocycles. The van der Waals surface area contributed by atoms with E-state index in [1.807, 2.05) is 36.4 Å². The smallest absolute Gasteiger partial charge is 0.410 e. The minimum Gasteiger partial charge on any atom is -0.480 e. The highest BCUT2D eigenvalue weighted by molar-refractivity contribution is 5.81. The zero-order chi connectivity index (χ0) is 20.4. The van der Waals surface area contributed by atoms with Crippen molar-refractivity contribution in [3.63, 3.8) is 0 Å². The van der Waals surface area contributed by atoms with Gasteiger partial charge in [0, 0.05) is 31.3 Å². The van der Waals surface area contributed by atoms with Gasteiger partial charge in [-0.25, -0.2) is 14.6 Å². The number of hydrogen-bond acceptors (Lipinski definition) is 4. The van der Waals surface area contributed by atoms with Crippen molar-refractivity contribution in [2.75, 3.05) is 13.7 Å². The topological polar surface area (TPSA) is 95.5 Å². The van der Waals surface area contributed by atoms with E-state index in [2.05, 4.69) is 22.1 Å². The maximum absolute atomic E-state index is 12.6. The van der Waals surface area contributed by atoms with Crippen LogP contribution in [0.2, 0.25) is 0 Å². The van der Waals surface area contributed by atoms with Crippen LogP contribution in [0, 0.1) is 0 Å². The number of aromatic nitrogens is 2. The lowest BCUT2D eigenvalue weighted by Crippen LogP contribution is -2.44. The number of aliphatic carboxylic acids is 1. The lowest BCUT2D eigenvalue weighted by Gasteiger charge is -2.25. The second-order valence-corrected chi connectivity index (χ2v) is 7.05. The van der Waals surface area contributed by atoms with Gasteiger partial charge in [0.05, 0.1) is 6.33 Å². The van der Waals surface area contributed by atoms with Crippen molar-refractivity contribution < 1.29 is 19.4 Å². The minimum absolute atomic E-state index is 0.0735. The normalized spacial score (nSPS) is 13.4. The van der Waals surface area contributed by atoms with Gasteiger partial charge in [0.15, 0.2) is 0 Å². The number of nitrogens with one attached hydrogen (secondary N) is 1. The first-order chi connectivity index (χ1) is 14.1. The first-order valence-electron chi connectivity index (χ1n) is 9.34. The Bertz CT molecular complexity index is 987. The van der Waals surface area contributed by atoms with Crippen LogP contribution in [0.4, 0.5) is 4.79 Å². The van der Waals surface area contributed by atoms with Crippen molar-refractivity contribution in [3.8, 4) is 11.1 Å². The van der Waals surface area contributed by atoms with Gasteiger partial charge < -0.3 is 14.8 Å². The van der Waals surface area contributed by atoms with Gasteiger partial charge in [-0.1, -0.05) is 48.5 Å². The summed E-state index contributed by atoms with van der Waals surface area (Å²) in [5.41, 5.74) is 5.13. The Hall–Kier alpha value is -3.61. The molecule has 1 unspecified atom stereocenters. The first kappa shape index (κ1) is 18.7. The standard InChI is InChI=1S/C22H21N3O4/c1-25(20(21(26)27)10-14-11-23-13-24-14)22(28)29-12-19-17-8-4-2-6-15(17)16-7-3-5-9-18(16)19/h2-9,11,13,19-20H,10,12H2,1H3,(H,23,24)(H,26,27). The van der Waals surface area contributed by atoms with Crippen molar-refractivity contribution in [3.05, 3.63) is 77.9 Å². The Morgan fingerprint density at radius 2 is 1.76 bits per heavy atom. The van der Waals surface area contributed by atoms with Crippen LogP contribution >= 0.6 is 0 Å². The Morgan fingerprint density at radius 1 is 1.14 bits per heavy atom. The quantitative estimate of drug-likeness (QED) is 0.672. The van der Waals surface area contributed by atoms with E-state index in [4.69, 9.17) is 4.74 Å². The lowest BCUT2D eigenvalue weighted by molar-refractivity contribution is -0.142. The molecule has 0 fully saturated rings. The minimum atomic E-state index is -1.10. The molecule has 0 saturated carbocycles. The van der Waals surface area contributed by atoms with E-state index < -0.39 is 18.1 Å². The maximum atomic E-state index is 12.6. The number of nitrogens with zero attached hydrogens (tertiary/aromatic N) is 2. The van der Waals surface area contributed by atoms with Crippen molar-refractivity contribution in [1.29, 1.82) is 0 Å². The molecule has 1 amide bonds. The van der Waals surface area contributed by atoms with E-state index >= 15 is 0 Å².